The Morgan fingerprint density at radius 2 is 2.20 bits per heavy atom. The number of hydrogen-bond acceptors (Lipinski definition) is 1. The molecule has 1 aromatic rings. The average Bonchev–Trinajstić information content (AvgIpc) is 2.14. The average molecular weight is 333 g/mol. The first kappa shape index (κ1) is 12.5. The first-order valence-corrected chi connectivity index (χ1v) is 5.97. The second-order valence-electron chi connectivity index (χ2n) is 3.18. The lowest BCUT2D eigenvalue weighted by Crippen LogP contribution is -2.24. The van der Waals surface area contributed by atoms with E-state index in [4.69, 9.17) is 0 Å². The first-order chi connectivity index (χ1) is 7.00. The van der Waals surface area contributed by atoms with Crippen LogP contribution in [0.25, 0.3) is 0 Å². The highest BCUT2D eigenvalue weighted by Gasteiger charge is 2.08. The zero-order chi connectivity index (χ0) is 11.4. The maximum Gasteiger partial charge on any atom is 0.252 e. The fourth-order valence-electron chi connectivity index (χ4n) is 1.08. The molecule has 2 nitrogen and oxygen atoms in total. The second kappa shape index (κ2) is 5.47. The standard InChI is InChI=1S/C11H11Br2NO/c1-7-3-4-9(10(13)5-7)11(15)14-6-8(2)12/h3-5H,2,6H2,1H3,(H,14,15). The van der Waals surface area contributed by atoms with Gasteiger partial charge >= 0.3 is 0 Å². The lowest BCUT2D eigenvalue weighted by atomic mass is 10.1. The number of rotatable bonds is 3. The highest BCUT2D eigenvalue weighted by Crippen LogP contribution is 2.18. The van der Waals surface area contributed by atoms with E-state index in [1.54, 1.807) is 6.07 Å². The van der Waals surface area contributed by atoms with E-state index in [2.05, 4.69) is 43.8 Å². The summed E-state index contributed by atoms with van der Waals surface area (Å²) in [6, 6.07) is 5.62. The summed E-state index contributed by atoms with van der Waals surface area (Å²) in [6.07, 6.45) is 0. The molecule has 1 N–H and O–H groups in total. The Balaban J connectivity index is 2.78. The maximum absolute atomic E-state index is 11.7. The van der Waals surface area contributed by atoms with Gasteiger partial charge < -0.3 is 5.32 Å². The lowest BCUT2D eigenvalue weighted by molar-refractivity contribution is 0.0957. The molecule has 1 amide bonds. The molecule has 0 aliphatic carbocycles. The van der Waals surface area contributed by atoms with Gasteiger partial charge in [-0.25, -0.2) is 0 Å². The van der Waals surface area contributed by atoms with Crippen LogP contribution in [-0.4, -0.2) is 12.5 Å². The topological polar surface area (TPSA) is 29.1 Å². The number of benzene rings is 1. The normalized spacial score (nSPS) is 9.80. The van der Waals surface area contributed by atoms with Gasteiger partial charge in [0.25, 0.3) is 5.91 Å². The maximum atomic E-state index is 11.7. The van der Waals surface area contributed by atoms with Crippen LogP contribution >= 0.6 is 31.9 Å². The summed E-state index contributed by atoms with van der Waals surface area (Å²) in [5.74, 6) is -0.109. The van der Waals surface area contributed by atoms with Gasteiger partial charge in [0.1, 0.15) is 0 Å². The predicted molar refractivity (Wildman–Crippen MR) is 69.3 cm³/mol. The zero-order valence-electron chi connectivity index (χ0n) is 8.31. The monoisotopic (exact) mass is 331 g/mol. The Hall–Kier alpha value is -0.610. The molecule has 0 aliphatic rings. The number of halogens is 2. The van der Waals surface area contributed by atoms with Crippen molar-refractivity contribution in [1.29, 1.82) is 0 Å². The van der Waals surface area contributed by atoms with Crippen LogP contribution in [0.3, 0.4) is 0 Å². The van der Waals surface area contributed by atoms with Crippen molar-refractivity contribution in [3.05, 3.63) is 44.9 Å². The summed E-state index contributed by atoms with van der Waals surface area (Å²) < 4.78 is 1.55. The summed E-state index contributed by atoms with van der Waals surface area (Å²) in [5.41, 5.74) is 1.75. The number of hydrogen-bond donors (Lipinski definition) is 1. The van der Waals surface area contributed by atoms with E-state index in [1.807, 2.05) is 19.1 Å². The van der Waals surface area contributed by atoms with Crippen molar-refractivity contribution in [3.63, 3.8) is 0 Å². The van der Waals surface area contributed by atoms with Crippen molar-refractivity contribution in [3.8, 4) is 0 Å². The summed E-state index contributed by atoms with van der Waals surface area (Å²) in [4.78, 5) is 11.7. The van der Waals surface area contributed by atoms with E-state index in [-0.39, 0.29) is 5.91 Å². The molecule has 0 bridgehead atoms. The minimum absolute atomic E-state index is 0.109. The Kier molecular flexibility index (Phi) is 4.54. The van der Waals surface area contributed by atoms with Crippen LogP contribution in [-0.2, 0) is 0 Å². The Bertz CT molecular complexity index is 402. The van der Waals surface area contributed by atoms with E-state index < -0.39 is 0 Å². The van der Waals surface area contributed by atoms with Gasteiger partial charge in [-0.05, 0) is 40.5 Å². The van der Waals surface area contributed by atoms with Crippen LogP contribution < -0.4 is 5.32 Å². The number of aryl methyl sites for hydroxylation is 1. The minimum atomic E-state index is -0.109. The molecule has 0 fully saturated rings. The van der Waals surface area contributed by atoms with E-state index >= 15 is 0 Å². The fourth-order valence-corrected chi connectivity index (χ4v) is 1.89. The number of nitrogens with one attached hydrogen (secondary N) is 1. The summed E-state index contributed by atoms with van der Waals surface area (Å²) in [5, 5.41) is 2.74. The summed E-state index contributed by atoms with van der Waals surface area (Å²) in [7, 11) is 0. The molecule has 4 heteroatoms. The van der Waals surface area contributed by atoms with Gasteiger partial charge in [0, 0.05) is 15.5 Å². The third-order valence-electron chi connectivity index (χ3n) is 1.81. The van der Waals surface area contributed by atoms with Gasteiger partial charge in [0.05, 0.1) is 5.56 Å². The number of carbonyl (C=O) groups is 1. The molecule has 1 aromatic carbocycles. The molecule has 0 unspecified atom stereocenters. The summed E-state index contributed by atoms with van der Waals surface area (Å²) in [6.45, 7) is 6.06. The largest absolute Gasteiger partial charge is 0.347 e. The van der Waals surface area contributed by atoms with E-state index in [1.165, 1.54) is 0 Å². The van der Waals surface area contributed by atoms with Crippen molar-refractivity contribution in [2.45, 2.75) is 6.92 Å². The van der Waals surface area contributed by atoms with Gasteiger partial charge in [-0.1, -0.05) is 28.6 Å². The Morgan fingerprint density at radius 3 is 2.73 bits per heavy atom. The zero-order valence-corrected chi connectivity index (χ0v) is 11.5. The number of carbonyl (C=O) groups excluding carboxylic acids is 1. The third-order valence-corrected chi connectivity index (χ3v) is 2.75. The molecular formula is C11H11Br2NO. The van der Waals surface area contributed by atoms with Crippen molar-refractivity contribution >= 4 is 37.8 Å². The SMILES string of the molecule is C=C(Br)CNC(=O)c1ccc(C)cc1Br. The molecule has 0 radical (unpaired) electrons. The fraction of sp³-hybridized carbons (Fsp3) is 0.182. The molecule has 0 atom stereocenters. The van der Waals surface area contributed by atoms with Gasteiger partial charge in [-0.2, -0.15) is 0 Å². The smallest absolute Gasteiger partial charge is 0.252 e. The molecule has 15 heavy (non-hydrogen) atoms. The quantitative estimate of drug-likeness (QED) is 0.903. The molecule has 0 heterocycles. The molecule has 0 saturated carbocycles. The third kappa shape index (κ3) is 3.80. The molecule has 1 rings (SSSR count). The molecule has 0 spiro atoms. The van der Waals surface area contributed by atoms with Crippen molar-refractivity contribution in [2.75, 3.05) is 6.54 Å². The number of amides is 1. The predicted octanol–water partition coefficient (Wildman–Crippen LogP) is 3.40. The van der Waals surface area contributed by atoms with Gasteiger partial charge in [-0.3, -0.25) is 4.79 Å². The van der Waals surface area contributed by atoms with Crippen molar-refractivity contribution in [2.24, 2.45) is 0 Å². The van der Waals surface area contributed by atoms with Crippen LogP contribution in [0.4, 0.5) is 0 Å². The van der Waals surface area contributed by atoms with E-state index in [9.17, 15) is 4.79 Å². The van der Waals surface area contributed by atoms with Crippen LogP contribution in [0.5, 0.6) is 0 Å². The Morgan fingerprint density at radius 1 is 1.53 bits per heavy atom. The highest BCUT2D eigenvalue weighted by atomic mass is 79.9. The van der Waals surface area contributed by atoms with Crippen molar-refractivity contribution < 1.29 is 4.79 Å². The van der Waals surface area contributed by atoms with Crippen LogP contribution in [0, 0.1) is 6.92 Å². The minimum Gasteiger partial charge on any atom is -0.347 e. The van der Waals surface area contributed by atoms with Crippen LogP contribution in [0.15, 0.2) is 33.7 Å². The molecular weight excluding hydrogens is 322 g/mol. The molecule has 80 valence electrons. The molecule has 0 saturated heterocycles. The second-order valence-corrected chi connectivity index (χ2v) is 5.16. The first-order valence-electron chi connectivity index (χ1n) is 4.38. The highest BCUT2D eigenvalue weighted by molar-refractivity contribution is 9.11. The molecule has 0 aliphatic heterocycles. The summed E-state index contributed by atoms with van der Waals surface area (Å²) >= 11 is 6.54. The van der Waals surface area contributed by atoms with Gasteiger partial charge in [0.15, 0.2) is 0 Å². The van der Waals surface area contributed by atoms with Crippen LogP contribution in [0.2, 0.25) is 0 Å². The van der Waals surface area contributed by atoms with Gasteiger partial charge in [0.2, 0.25) is 0 Å². The lowest BCUT2D eigenvalue weighted by Gasteiger charge is -2.06. The Labute approximate surface area is 106 Å². The van der Waals surface area contributed by atoms with Crippen molar-refractivity contribution in [1.82, 2.24) is 5.32 Å². The van der Waals surface area contributed by atoms with Gasteiger partial charge in [-0.15, -0.1) is 0 Å². The molecule has 0 aromatic heterocycles. The van der Waals surface area contributed by atoms with E-state index in [0.717, 1.165) is 14.5 Å². The van der Waals surface area contributed by atoms with Crippen LogP contribution in [0.1, 0.15) is 15.9 Å². The van der Waals surface area contributed by atoms with E-state index in [0.29, 0.717) is 12.1 Å².